The Bertz CT molecular complexity index is 2410. The predicted molar refractivity (Wildman–Crippen MR) is 285 cm³/mol. The van der Waals surface area contributed by atoms with Crippen molar-refractivity contribution in [1.82, 2.24) is 21.3 Å². The Balaban J connectivity index is -0.000000255. The van der Waals surface area contributed by atoms with Crippen molar-refractivity contribution in [3.8, 4) is 83.2 Å². The van der Waals surface area contributed by atoms with Crippen LogP contribution >= 0.6 is 0 Å². The van der Waals surface area contributed by atoms with Gasteiger partial charge in [-0.05, 0) is 85.0 Å². The molecule has 0 spiro atoms. The molecule has 82 heavy (non-hydrogen) atoms. The molecule has 0 aliphatic carbocycles. The van der Waals surface area contributed by atoms with Gasteiger partial charge in [0.1, 0.15) is 23.0 Å². The van der Waals surface area contributed by atoms with Crippen molar-refractivity contribution in [2.24, 2.45) is 20.8 Å². The Labute approximate surface area is 533 Å². The molecule has 0 aromatic heterocycles. The first-order valence-corrected chi connectivity index (χ1v) is 23.8. The molecule has 0 amide bonds. The van der Waals surface area contributed by atoms with Gasteiger partial charge in [-0.15, -0.1) is 12.0 Å². The van der Waals surface area contributed by atoms with Gasteiger partial charge in [-0.25, -0.2) is 0 Å². The van der Waals surface area contributed by atoms with E-state index in [1.165, 1.54) is 49.2 Å². The van der Waals surface area contributed by atoms with Gasteiger partial charge in [0.25, 0.3) is 0 Å². The monoisotopic (exact) mass is 1320 g/mol. The fraction of sp³-hybridized carbons (Fsp3) is 0.407. The Hall–Kier alpha value is -7.09. The maximum absolute atomic E-state index is 12.3. The van der Waals surface area contributed by atoms with Gasteiger partial charge >= 0.3 is 77.9 Å². The number of hydrogen-bond acceptors (Lipinski definition) is 20. The summed E-state index contributed by atoms with van der Waals surface area (Å²) in [5.41, 5.74) is 2.68. The van der Waals surface area contributed by atoms with E-state index in [9.17, 15) is 20.4 Å². The van der Waals surface area contributed by atoms with Crippen LogP contribution < -0.4 is 60.6 Å². The molecular formula is C54H64N16O8Zn4. The second-order valence-corrected chi connectivity index (χ2v) is 16.7. The maximum Gasteiger partial charge on any atom is 2.00 e. The molecule has 4 N–H and O–H groups in total. The summed E-state index contributed by atoms with van der Waals surface area (Å²) in [7, 11) is 0. The minimum Gasteiger partial charge on any atom is -0.870 e. The van der Waals surface area contributed by atoms with Crippen LogP contribution in [-0.2, 0) is 104 Å². The number of hydrogen-bond donors (Lipinski definition) is 4. The SMILES string of the molecule is CCOc1cccc(CNCC(C)(C)CNCc2cccc(OCC)c2[O-])c1[O-].CCOc1cccc(CNCC(C)(C)CNCc2cccc(OCC)c2[O-])c1[O-].N#CN=C=[N-].N#CN=C=[N-].N#C[N-]C#N.N#C[N-]C#N.[Zn+2].[Zn+2].[Zn+2].[Zn+2]. The van der Waals surface area contributed by atoms with Crippen molar-refractivity contribution in [3.05, 3.63) is 117 Å². The summed E-state index contributed by atoms with van der Waals surface area (Å²) < 4.78 is 21.5. The van der Waals surface area contributed by atoms with Crippen LogP contribution in [0.5, 0.6) is 46.0 Å². The van der Waals surface area contributed by atoms with E-state index >= 15 is 0 Å². The number of para-hydroxylation sites is 4. The third-order valence-electron chi connectivity index (χ3n) is 9.52. The average Bonchev–Trinajstić information content (AvgIpc) is 3.40. The molecule has 0 atom stereocenters. The Morgan fingerprint density at radius 2 is 0.634 bits per heavy atom. The van der Waals surface area contributed by atoms with Crippen LogP contribution in [0, 0.1) is 79.6 Å². The summed E-state index contributed by atoms with van der Waals surface area (Å²) in [6, 6.07) is 24.0. The number of nitrogens with one attached hydrogen (secondary N) is 4. The van der Waals surface area contributed by atoms with E-state index < -0.39 is 0 Å². The van der Waals surface area contributed by atoms with Crippen LogP contribution in [0.4, 0.5) is 0 Å². The van der Waals surface area contributed by atoms with Gasteiger partial charge in [0.15, 0.2) is 0 Å². The number of nitriles is 6. The number of ether oxygens (including phenoxy) is 4. The fourth-order valence-corrected chi connectivity index (χ4v) is 6.24. The van der Waals surface area contributed by atoms with Crippen molar-refractivity contribution in [3.63, 3.8) is 0 Å². The van der Waals surface area contributed by atoms with Gasteiger partial charge in [-0.3, -0.25) is 10.6 Å². The molecule has 28 heteroatoms. The molecule has 0 fully saturated rings. The summed E-state index contributed by atoms with van der Waals surface area (Å²) in [4.78, 5) is 5.17. The van der Waals surface area contributed by atoms with Crippen molar-refractivity contribution in [2.45, 2.75) is 81.6 Å². The molecule has 0 saturated carbocycles. The van der Waals surface area contributed by atoms with Crippen LogP contribution in [-0.4, -0.2) is 64.6 Å². The van der Waals surface area contributed by atoms with Crippen LogP contribution in [0.1, 0.15) is 77.6 Å². The van der Waals surface area contributed by atoms with Crippen LogP contribution in [0.25, 0.3) is 21.5 Å². The van der Waals surface area contributed by atoms with E-state index in [4.69, 9.17) is 61.3 Å². The number of aliphatic imine (C=N–C) groups is 2. The molecular weight excluding hydrogens is 1260 g/mol. The zero-order valence-electron chi connectivity index (χ0n) is 47.9. The first kappa shape index (κ1) is 86.2. The molecule has 0 aliphatic heterocycles. The van der Waals surface area contributed by atoms with Crippen LogP contribution in [0.2, 0.25) is 0 Å². The van der Waals surface area contributed by atoms with E-state index in [2.05, 4.69) is 69.6 Å². The second kappa shape index (κ2) is 54.5. The number of rotatable bonds is 24. The quantitative estimate of drug-likeness (QED) is 0.0348. The van der Waals surface area contributed by atoms with Gasteiger partial charge in [0.05, 0.1) is 38.8 Å². The van der Waals surface area contributed by atoms with Crippen molar-refractivity contribution < 1.29 is 117 Å². The Morgan fingerprint density at radius 3 is 0.768 bits per heavy atom. The number of benzene rings is 4. The van der Waals surface area contributed by atoms with Gasteiger partial charge in [-0.1, -0.05) is 99.2 Å². The zero-order valence-corrected chi connectivity index (χ0v) is 59.7. The largest absolute Gasteiger partial charge is 2.00 e. The normalized spacial score (nSPS) is 9.00. The van der Waals surface area contributed by atoms with Gasteiger partial charge < -0.3 is 102 Å². The van der Waals surface area contributed by atoms with E-state index in [0.29, 0.717) is 97.9 Å². The standard InChI is InChI=1S/2C23H34N2O4.4C2N3.4Zn/c2*1-5-28-19-11-7-9-17(21(19)26)13-24-15-23(3,4)16-25-14-18-10-8-12-20(22(18)27)29-6-2;4*3-1-5-2-4;;;;/h2*7-12,24-27H,5-6,13-16H2,1-4H3;;;;;;;;/q;;4*-1;4*+2/p-4. The summed E-state index contributed by atoms with van der Waals surface area (Å²) in [5, 5.41) is 127. The molecule has 0 aliphatic rings. The molecule has 0 unspecified atom stereocenters. The number of nitrogens with zero attached hydrogens (tertiary/aromatic N) is 12. The molecule has 416 valence electrons. The topological polar surface area (TPSA) is 418 Å². The molecule has 0 heterocycles. The van der Waals surface area contributed by atoms with Gasteiger partial charge in [-0.2, -0.15) is 10.5 Å². The fourth-order valence-electron chi connectivity index (χ4n) is 6.24. The molecule has 0 radical (unpaired) electrons. The molecule has 4 rings (SSSR count). The van der Waals surface area contributed by atoms with Crippen molar-refractivity contribution in [1.29, 1.82) is 31.6 Å². The maximum atomic E-state index is 12.3. The summed E-state index contributed by atoms with van der Waals surface area (Å²) in [6.07, 6.45) is 7.69. The first-order chi connectivity index (χ1) is 37.4. The smallest absolute Gasteiger partial charge is 0.870 e. The van der Waals surface area contributed by atoms with Crippen molar-refractivity contribution in [2.75, 3.05) is 52.6 Å². The minimum absolute atomic E-state index is 0. The molecule has 24 nitrogen and oxygen atoms in total. The van der Waals surface area contributed by atoms with E-state index in [1.54, 1.807) is 24.3 Å². The third kappa shape index (κ3) is 40.1. The summed E-state index contributed by atoms with van der Waals surface area (Å²) in [6.45, 7) is 22.8. The van der Waals surface area contributed by atoms with Crippen LogP contribution in [0.15, 0.2) is 82.8 Å². The van der Waals surface area contributed by atoms with E-state index in [-0.39, 0.29) is 112 Å². The summed E-state index contributed by atoms with van der Waals surface area (Å²) in [5.74, 6) is 1.35. The minimum atomic E-state index is -0.0602. The average molecular weight is 1330 g/mol. The van der Waals surface area contributed by atoms with Crippen LogP contribution in [0.3, 0.4) is 0 Å². The molecule has 0 saturated heterocycles. The molecule has 0 bridgehead atoms. The summed E-state index contributed by atoms with van der Waals surface area (Å²) >= 11 is 0. The predicted octanol–water partition coefficient (Wildman–Crippen LogP) is 6.13. The van der Waals surface area contributed by atoms with Crippen molar-refractivity contribution >= 4 is 12.0 Å². The molecule has 4 aromatic carbocycles. The Kier molecular flexibility index (Phi) is 57.3. The Morgan fingerprint density at radius 1 is 0.427 bits per heavy atom. The third-order valence-corrected chi connectivity index (χ3v) is 9.52. The van der Waals surface area contributed by atoms with Gasteiger partial charge in [0.2, 0.25) is 0 Å². The second-order valence-electron chi connectivity index (χ2n) is 16.7. The molecule has 4 aromatic rings. The van der Waals surface area contributed by atoms with E-state index in [0.717, 1.165) is 26.2 Å². The first-order valence-electron chi connectivity index (χ1n) is 23.8. The zero-order chi connectivity index (χ0) is 59.0. The van der Waals surface area contributed by atoms with Gasteiger partial charge in [0, 0.05) is 77.1 Å². The van der Waals surface area contributed by atoms with E-state index in [1.807, 2.05) is 76.2 Å².